The molecule has 0 aromatic rings. The first-order chi connectivity index (χ1) is 9.36. The summed E-state index contributed by atoms with van der Waals surface area (Å²) >= 11 is 0. The van der Waals surface area contributed by atoms with E-state index >= 15 is 0 Å². The molecule has 2 N–H and O–H groups in total. The normalized spacial score (nSPS) is 19.4. The van der Waals surface area contributed by atoms with Gasteiger partial charge in [0, 0.05) is 32.8 Å². The standard InChI is InChI=1S/C14H27N3O2/c1-3-8-16-14(15-4-2)17-9-6-10-18-12-13-7-5-11-19-13/h3,13H,1,4-12H2,2H3,(H2,15,16,17). The molecule has 110 valence electrons. The molecule has 0 aromatic heterocycles. The van der Waals surface area contributed by atoms with Crippen LogP contribution in [0.5, 0.6) is 0 Å². The molecule has 0 saturated carbocycles. The van der Waals surface area contributed by atoms with Crippen LogP contribution >= 0.6 is 0 Å². The van der Waals surface area contributed by atoms with Gasteiger partial charge in [-0.2, -0.15) is 0 Å². The maximum absolute atomic E-state index is 5.59. The fourth-order valence-electron chi connectivity index (χ4n) is 1.86. The van der Waals surface area contributed by atoms with Crippen LogP contribution in [0.25, 0.3) is 0 Å². The van der Waals surface area contributed by atoms with Crippen molar-refractivity contribution in [1.82, 2.24) is 10.6 Å². The summed E-state index contributed by atoms with van der Waals surface area (Å²) in [4.78, 5) is 4.46. The maximum atomic E-state index is 5.59. The third kappa shape index (κ3) is 7.85. The molecule has 0 bridgehead atoms. The van der Waals surface area contributed by atoms with Gasteiger partial charge < -0.3 is 20.1 Å². The van der Waals surface area contributed by atoms with Gasteiger partial charge in [-0.05, 0) is 26.2 Å². The smallest absolute Gasteiger partial charge is 0.191 e. The Kier molecular flexibility index (Phi) is 9.10. The van der Waals surface area contributed by atoms with Crippen LogP contribution in [0.2, 0.25) is 0 Å². The molecule has 5 heteroatoms. The van der Waals surface area contributed by atoms with Gasteiger partial charge in [-0.3, -0.25) is 4.99 Å². The Morgan fingerprint density at radius 2 is 2.42 bits per heavy atom. The maximum Gasteiger partial charge on any atom is 0.191 e. The molecule has 0 spiro atoms. The molecular formula is C14H27N3O2. The molecule has 1 heterocycles. The largest absolute Gasteiger partial charge is 0.379 e. The highest BCUT2D eigenvalue weighted by molar-refractivity contribution is 5.79. The first kappa shape index (κ1) is 16.0. The number of aliphatic imine (C=N–C) groups is 1. The van der Waals surface area contributed by atoms with Gasteiger partial charge in [-0.1, -0.05) is 6.08 Å². The minimum atomic E-state index is 0.315. The monoisotopic (exact) mass is 269 g/mol. The van der Waals surface area contributed by atoms with E-state index in [-0.39, 0.29) is 0 Å². The van der Waals surface area contributed by atoms with Crippen LogP contribution in [0.4, 0.5) is 0 Å². The van der Waals surface area contributed by atoms with Crippen LogP contribution < -0.4 is 10.6 Å². The van der Waals surface area contributed by atoms with Gasteiger partial charge >= 0.3 is 0 Å². The van der Waals surface area contributed by atoms with Crippen LogP contribution in [-0.4, -0.2) is 51.5 Å². The lowest BCUT2D eigenvalue weighted by Crippen LogP contribution is -2.37. The van der Waals surface area contributed by atoms with Crippen molar-refractivity contribution in [2.45, 2.75) is 32.3 Å². The van der Waals surface area contributed by atoms with E-state index in [4.69, 9.17) is 9.47 Å². The number of ether oxygens (including phenoxy) is 2. The zero-order valence-electron chi connectivity index (χ0n) is 12.0. The Morgan fingerprint density at radius 1 is 1.53 bits per heavy atom. The van der Waals surface area contributed by atoms with Crippen molar-refractivity contribution >= 4 is 5.96 Å². The van der Waals surface area contributed by atoms with E-state index in [0.717, 1.165) is 58.3 Å². The lowest BCUT2D eigenvalue weighted by Gasteiger charge is -2.10. The van der Waals surface area contributed by atoms with E-state index in [2.05, 4.69) is 29.1 Å². The third-order valence-electron chi connectivity index (χ3n) is 2.80. The lowest BCUT2D eigenvalue weighted by atomic mass is 10.2. The highest BCUT2D eigenvalue weighted by Gasteiger charge is 2.14. The highest BCUT2D eigenvalue weighted by atomic mass is 16.5. The zero-order chi connectivity index (χ0) is 13.8. The van der Waals surface area contributed by atoms with E-state index in [1.807, 2.05) is 6.08 Å². The molecule has 19 heavy (non-hydrogen) atoms. The predicted octanol–water partition coefficient (Wildman–Crippen LogP) is 1.31. The Balaban J connectivity index is 2.03. The summed E-state index contributed by atoms with van der Waals surface area (Å²) in [6, 6.07) is 0. The Bertz CT molecular complexity index is 263. The van der Waals surface area contributed by atoms with Crippen molar-refractivity contribution in [2.24, 2.45) is 4.99 Å². The highest BCUT2D eigenvalue weighted by Crippen LogP contribution is 2.11. The molecule has 1 atom stereocenters. The van der Waals surface area contributed by atoms with Gasteiger partial charge in [0.2, 0.25) is 0 Å². The van der Waals surface area contributed by atoms with Crippen molar-refractivity contribution in [1.29, 1.82) is 0 Å². The second-order valence-electron chi connectivity index (χ2n) is 4.49. The van der Waals surface area contributed by atoms with Crippen molar-refractivity contribution < 1.29 is 9.47 Å². The van der Waals surface area contributed by atoms with Crippen molar-refractivity contribution in [3.63, 3.8) is 0 Å². The first-order valence-corrected chi connectivity index (χ1v) is 7.19. The topological polar surface area (TPSA) is 54.9 Å². The average molecular weight is 269 g/mol. The molecule has 1 aliphatic rings. The van der Waals surface area contributed by atoms with E-state index in [1.54, 1.807) is 0 Å². The third-order valence-corrected chi connectivity index (χ3v) is 2.80. The number of nitrogens with one attached hydrogen (secondary N) is 2. The summed E-state index contributed by atoms with van der Waals surface area (Å²) in [5.41, 5.74) is 0. The minimum Gasteiger partial charge on any atom is -0.379 e. The number of guanidine groups is 1. The molecule has 0 radical (unpaired) electrons. The van der Waals surface area contributed by atoms with E-state index in [0.29, 0.717) is 6.10 Å². The summed E-state index contributed by atoms with van der Waals surface area (Å²) in [6.45, 7) is 10.4. The molecule has 1 unspecified atom stereocenters. The fourth-order valence-corrected chi connectivity index (χ4v) is 1.86. The van der Waals surface area contributed by atoms with Gasteiger partial charge in [-0.15, -0.1) is 6.58 Å². The summed E-state index contributed by atoms with van der Waals surface area (Å²) < 4.78 is 11.1. The lowest BCUT2D eigenvalue weighted by molar-refractivity contribution is 0.0171. The van der Waals surface area contributed by atoms with Crippen LogP contribution in [0.1, 0.15) is 26.2 Å². The van der Waals surface area contributed by atoms with Crippen molar-refractivity contribution in [3.8, 4) is 0 Å². The van der Waals surface area contributed by atoms with E-state index < -0.39 is 0 Å². The molecule has 0 aromatic carbocycles. The van der Waals surface area contributed by atoms with Gasteiger partial charge in [0.15, 0.2) is 5.96 Å². The Hall–Kier alpha value is -1.07. The van der Waals surface area contributed by atoms with Crippen LogP contribution in [0, 0.1) is 0 Å². The van der Waals surface area contributed by atoms with Gasteiger partial charge in [0.05, 0.1) is 12.7 Å². The first-order valence-electron chi connectivity index (χ1n) is 7.19. The van der Waals surface area contributed by atoms with Crippen LogP contribution in [-0.2, 0) is 9.47 Å². The number of rotatable bonds is 9. The Labute approximate surface area is 116 Å². The van der Waals surface area contributed by atoms with Gasteiger partial charge in [0.1, 0.15) is 0 Å². The van der Waals surface area contributed by atoms with E-state index in [9.17, 15) is 0 Å². The average Bonchev–Trinajstić information content (AvgIpc) is 2.93. The zero-order valence-corrected chi connectivity index (χ0v) is 12.0. The molecule has 1 fully saturated rings. The minimum absolute atomic E-state index is 0.315. The number of nitrogens with zero attached hydrogens (tertiary/aromatic N) is 1. The quantitative estimate of drug-likeness (QED) is 0.287. The molecule has 1 rings (SSSR count). The fraction of sp³-hybridized carbons (Fsp3) is 0.786. The van der Waals surface area contributed by atoms with E-state index in [1.165, 1.54) is 6.42 Å². The second-order valence-corrected chi connectivity index (χ2v) is 4.49. The predicted molar refractivity (Wildman–Crippen MR) is 78.6 cm³/mol. The second kappa shape index (κ2) is 10.8. The summed E-state index contributed by atoms with van der Waals surface area (Å²) in [5, 5.41) is 6.35. The van der Waals surface area contributed by atoms with Gasteiger partial charge in [-0.25, -0.2) is 0 Å². The number of hydrogen-bond donors (Lipinski definition) is 2. The Morgan fingerprint density at radius 3 is 3.11 bits per heavy atom. The molecule has 0 amide bonds. The number of hydrogen-bond acceptors (Lipinski definition) is 3. The van der Waals surface area contributed by atoms with Crippen molar-refractivity contribution in [3.05, 3.63) is 12.7 Å². The molecule has 0 aliphatic carbocycles. The van der Waals surface area contributed by atoms with Gasteiger partial charge in [0.25, 0.3) is 0 Å². The molecular weight excluding hydrogens is 242 g/mol. The summed E-state index contributed by atoms with van der Waals surface area (Å²) in [7, 11) is 0. The summed E-state index contributed by atoms with van der Waals surface area (Å²) in [5.74, 6) is 0.835. The summed E-state index contributed by atoms with van der Waals surface area (Å²) in [6.07, 6.45) is 5.36. The molecule has 1 saturated heterocycles. The van der Waals surface area contributed by atoms with Crippen LogP contribution in [0.3, 0.4) is 0 Å². The van der Waals surface area contributed by atoms with Crippen molar-refractivity contribution in [2.75, 3.05) is 39.5 Å². The van der Waals surface area contributed by atoms with Crippen LogP contribution in [0.15, 0.2) is 17.6 Å². The molecule has 5 nitrogen and oxygen atoms in total. The molecule has 1 aliphatic heterocycles. The SMILES string of the molecule is C=CCNC(=NCCCOCC1CCCO1)NCC.